The van der Waals surface area contributed by atoms with Crippen molar-refractivity contribution in [3.8, 4) is 0 Å². The highest BCUT2D eigenvalue weighted by Gasteiger charge is 2.51. The minimum absolute atomic E-state index is 0.0106. The van der Waals surface area contributed by atoms with Gasteiger partial charge in [-0.3, -0.25) is 0 Å². The van der Waals surface area contributed by atoms with Gasteiger partial charge in [-0.2, -0.15) is 21.6 Å². The van der Waals surface area contributed by atoms with Crippen LogP contribution in [0.3, 0.4) is 0 Å². The number of halogens is 3. The lowest BCUT2D eigenvalue weighted by molar-refractivity contribution is -0.136. The summed E-state index contributed by atoms with van der Waals surface area (Å²) in [6.07, 6.45) is -0.835. The summed E-state index contributed by atoms with van der Waals surface area (Å²) in [5, 5.41) is 0. The molecule has 8 nitrogen and oxygen atoms in total. The van der Waals surface area contributed by atoms with Crippen LogP contribution in [0, 0.1) is 5.92 Å². The molecule has 0 bridgehead atoms. The smallest absolute Gasteiger partial charge is 0.466 e. The van der Waals surface area contributed by atoms with Crippen molar-refractivity contribution < 1.29 is 44.8 Å². The van der Waals surface area contributed by atoms with E-state index in [2.05, 4.69) is 8.92 Å². The number of methoxy groups -OCH3 is 1. The Bertz CT molecular complexity index is 983. The molecule has 1 amide bonds. The monoisotopic (exact) mass is 479 g/mol. The maximum Gasteiger partial charge on any atom is 0.534 e. The van der Waals surface area contributed by atoms with E-state index in [9.17, 15) is 31.2 Å². The molecule has 1 heterocycles. The molecule has 0 saturated carbocycles. The quantitative estimate of drug-likeness (QED) is 0.363. The van der Waals surface area contributed by atoms with Gasteiger partial charge in [-0.1, -0.05) is 30.3 Å². The van der Waals surface area contributed by atoms with E-state index in [0.717, 1.165) is 12.0 Å². The first-order chi connectivity index (χ1) is 14.6. The van der Waals surface area contributed by atoms with Crippen molar-refractivity contribution in [1.82, 2.24) is 4.90 Å². The molecule has 0 spiro atoms. The molecule has 1 unspecified atom stereocenters. The molecule has 1 aromatic rings. The fraction of sp³-hybridized carbons (Fsp3) is 0.500. The summed E-state index contributed by atoms with van der Waals surface area (Å²) < 4.78 is 76.9. The first kappa shape index (κ1) is 25.5. The second kappa shape index (κ2) is 9.39. The van der Waals surface area contributed by atoms with Gasteiger partial charge >= 0.3 is 27.7 Å². The summed E-state index contributed by atoms with van der Waals surface area (Å²) in [5.41, 5.74) is -6.48. The third kappa shape index (κ3) is 6.38. The van der Waals surface area contributed by atoms with Gasteiger partial charge in [-0.25, -0.2) is 9.59 Å². The molecule has 0 aliphatic carbocycles. The average Bonchev–Trinajstić information content (AvgIpc) is 2.66. The predicted octanol–water partition coefficient (Wildman–Crippen LogP) is 3.39. The van der Waals surface area contributed by atoms with E-state index in [1.165, 1.54) is 0 Å². The minimum atomic E-state index is -6.06. The van der Waals surface area contributed by atoms with Crippen LogP contribution in [0.25, 0.3) is 0 Å². The summed E-state index contributed by atoms with van der Waals surface area (Å²) >= 11 is 0. The number of nitrogens with zero attached hydrogens (tertiary/aromatic N) is 1. The number of benzene rings is 1. The Morgan fingerprint density at radius 1 is 1.12 bits per heavy atom. The van der Waals surface area contributed by atoms with Gasteiger partial charge in [0.1, 0.15) is 11.4 Å². The number of hydrogen-bond acceptors (Lipinski definition) is 7. The number of alkyl halides is 3. The van der Waals surface area contributed by atoms with Crippen LogP contribution in [0.4, 0.5) is 18.0 Å². The molecule has 12 heteroatoms. The maximum absolute atomic E-state index is 13.0. The van der Waals surface area contributed by atoms with E-state index in [-0.39, 0.29) is 13.0 Å². The van der Waals surface area contributed by atoms with Crippen molar-refractivity contribution in [2.24, 2.45) is 5.92 Å². The lowest BCUT2D eigenvalue weighted by Crippen LogP contribution is -2.46. The SMILES string of the molecule is COC(=O)C1=C(OS(=O)(=O)C(F)(F)F)C(Cc2ccccc2)CN(C(=O)OC(C)(C)C)C1. The molecular weight excluding hydrogens is 455 g/mol. The third-order valence-electron chi connectivity index (χ3n) is 4.35. The van der Waals surface area contributed by atoms with Crippen LogP contribution in [0.2, 0.25) is 0 Å². The minimum Gasteiger partial charge on any atom is -0.466 e. The van der Waals surface area contributed by atoms with Gasteiger partial charge in [0.15, 0.2) is 0 Å². The van der Waals surface area contributed by atoms with Gasteiger partial charge in [0.05, 0.1) is 19.2 Å². The number of esters is 1. The molecule has 0 aromatic heterocycles. The predicted molar refractivity (Wildman–Crippen MR) is 107 cm³/mol. The van der Waals surface area contributed by atoms with Crippen molar-refractivity contribution in [3.05, 3.63) is 47.2 Å². The zero-order valence-electron chi connectivity index (χ0n) is 17.9. The Morgan fingerprint density at radius 3 is 2.22 bits per heavy atom. The molecule has 1 aliphatic heterocycles. The number of rotatable bonds is 5. The van der Waals surface area contributed by atoms with Gasteiger partial charge in [0.2, 0.25) is 0 Å². The van der Waals surface area contributed by atoms with E-state index >= 15 is 0 Å². The zero-order chi connectivity index (χ0) is 24.3. The third-order valence-corrected chi connectivity index (χ3v) is 5.32. The largest absolute Gasteiger partial charge is 0.534 e. The number of carbonyl (C=O) groups excluding carboxylic acids is 2. The Balaban J connectivity index is 2.55. The summed E-state index contributed by atoms with van der Waals surface area (Å²) in [4.78, 5) is 26.1. The molecule has 1 aromatic carbocycles. The van der Waals surface area contributed by atoms with Crippen LogP contribution in [-0.2, 0) is 35.0 Å². The molecule has 2 rings (SSSR count). The van der Waals surface area contributed by atoms with Crippen LogP contribution in [0.1, 0.15) is 26.3 Å². The highest BCUT2D eigenvalue weighted by atomic mass is 32.2. The second-order valence-corrected chi connectivity index (χ2v) is 9.60. The van der Waals surface area contributed by atoms with Crippen molar-refractivity contribution in [2.45, 2.75) is 38.3 Å². The van der Waals surface area contributed by atoms with E-state index < -0.39 is 57.1 Å². The first-order valence-electron chi connectivity index (χ1n) is 9.48. The van der Waals surface area contributed by atoms with Gasteiger partial charge in [0, 0.05) is 12.5 Å². The summed E-state index contributed by atoms with van der Waals surface area (Å²) in [7, 11) is -5.09. The van der Waals surface area contributed by atoms with Gasteiger partial charge in [-0.15, -0.1) is 0 Å². The van der Waals surface area contributed by atoms with Gasteiger partial charge < -0.3 is 18.6 Å². The fourth-order valence-electron chi connectivity index (χ4n) is 3.02. The number of hydrogen-bond donors (Lipinski definition) is 0. The Kier molecular flexibility index (Phi) is 7.48. The van der Waals surface area contributed by atoms with Crippen LogP contribution >= 0.6 is 0 Å². The lowest BCUT2D eigenvalue weighted by atomic mass is 9.91. The Morgan fingerprint density at radius 2 is 1.72 bits per heavy atom. The lowest BCUT2D eigenvalue weighted by Gasteiger charge is -2.35. The fourth-order valence-corrected chi connectivity index (χ4v) is 3.59. The normalized spacial score (nSPS) is 17.7. The first-order valence-corrected chi connectivity index (χ1v) is 10.9. The molecular formula is C20H24F3NO7S. The van der Waals surface area contributed by atoms with Crippen LogP contribution < -0.4 is 0 Å². The second-order valence-electron chi connectivity index (χ2n) is 8.07. The van der Waals surface area contributed by atoms with E-state index in [0.29, 0.717) is 5.56 Å². The Labute approximate surface area is 184 Å². The average molecular weight is 479 g/mol. The molecule has 178 valence electrons. The van der Waals surface area contributed by atoms with Crippen molar-refractivity contribution >= 4 is 22.2 Å². The van der Waals surface area contributed by atoms with Crippen LogP contribution in [0.15, 0.2) is 41.7 Å². The van der Waals surface area contributed by atoms with Crippen molar-refractivity contribution in [1.29, 1.82) is 0 Å². The molecule has 0 fully saturated rings. The summed E-state index contributed by atoms with van der Waals surface area (Å²) in [5.74, 6) is -2.92. The zero-order valence-corrected chi connectivity index (χ0v) is 18.7. The Hall–Kier alpha value is -2.76. The summed E-state index contributed by atoms with van der Waals surface area (Å²) in [6.45, 7) is 4.08. The standard InChI is InChI=1S/C20H24F3NO7S/c1-19(2,3)30-18(26)24-11-14(10-13-8-6-5-7-9-13)16(15(12-24)17(25)29-4)31-32(27,28)20(21,22)23/h5-9,14H,10-12H2,1-4H3. The maximum atomic E-state index is 13.0. The van der Waals surface area contributed by atoms with Crippen LogP contribution in [-0.4, -0.2) is 56.7 Å². The molecule has 1 aliphatic rings. The number of amides is 1. The van der Waals surface area contributed by atoms with Crippen molar-refractivity contribution in [2.75, 3.05) is 20.2 Å². The van der Waals surface area contributed by atoms with Crippen LogP contribution in [0.5, 0.6) is 0 Å². The number of carbonyl (C=O) groups is 2. The highest BCUT2D eigenvalue weighted by Crippen LogP contribution is 2.35. The molecule has 32 heavy (non-hydrogen) atoms. The topological polar surface area (TPSA) is 99.2 Å². The molecule has 0 radical (unpaired) electrons. The van der Waals surface area contributed by atoms with E-state index in [1.54, 1.807) is 51.1 Å². The van der Waals surface area contributed by atoms with Gasteiger partial charge in [0.25, 0.3) is 0 Å². The summed E-state index contributed by atoms with van der Waals surface area (Å²) in [6, 6.07) is 8.42. The van der Waals surface area contributed by atoms with E-state index in [1.807, 2.05) is 0 Å². The number of ether oxygens (including phenoxy) is 2. The molecule has 0 saturated heterocycles. The van der Waals surface area contributed by atoms with Crippen molar-refractivity contribution in [3.63, 3.8) is 0 Å². The molecule has 0 N–H and O–H groups in total. The highest BCUT2D eigenvalue weighted by molar-refractivity contribution is 7.87. The molecule has 1 atom stereocenters. The van der Waals surface area contributed by atoms with E-state index in [4.69, 9.17) is 4.74 Å². The van der Waals surface area contributed by atoms with Gasteiger partial charge in [-0.05, 0) is 32.8 Å².